The highest BCUT2D eigenvalue weighted by atomic mass is 32.2. The summed E-state index contributed by atoms with van der Waals surface area (Å²) < 4.78 is 23.3. The maximum Gasteiger partial charge on any atom is 0.238 e. The van der Waals surface area contributed by atoms with E-state index in [1.807, 2.05) is 37.3 Å². The number of phenolic OH excluding ortho intramolecular Hbond substituents is 1. The molecular weight excluding hydrogens is 336 g/mol. The Labute approximate surface area is 146 Å². The monoisotopic (exact) mass is 354 g/mol. The minimum atomic E-state index is -3.81. The molecule has 3 rings (SSSR count). The van der Waals surface area contributed by atoms with Gasteiger partial charge in [-0.05, 0) is 53.9 Å². The van der Waals surface area contributed by atoms with Gasteiger partial charge in [0.25, 0.3) is 0 Å². The number of hydrogen-bond donors (Lipinski definition) is 2. The van der Waals surface area contributed by atoms with Crippen LogP contribution in [0.5, 0.6) is 5.75 Å². The minimum Gasteiger partial charge on any atom is -0.507 e. The fourth-order valence-corrected chi connectivity index (χ4v) is 3.28. The summed E-state index contributed by atoms with van der Waals surface area (Å²) in [6.45, 7) is 3.66. The smallest absolute Gasteiger partial charge is 0.238 e. The quantitative estimate of drug-likeness (QED) is 0.704. The van der Waals surface area contributed by atoms with Gasteiger partial charge >= 0.3 is 0 Å². The van der Waals surface area contributed by atoms with Crippen molar-refractivity contribution >= 4 is 32.7 Å². The molecule has 3 N–H and O–H groups in total. The lowest BCUT2D eigenvalue weighted by atomic mass is 10.0. The van der Waals surface area contributed by atoms with E-state index in [4.69, 9.17) is 5.14 Å². The van der Waals surface area contributed by atoms with Crippen LogP contribution in [0.25, 0.3) is 10.8 Å². The fourth-order valence-electron chi connectivity index (χ4n) is 2.66. The first-order valence-electron chi connectivity index (χ1n) is 7.66. The van der Waals surface area contributed by atoms with E-state index in [0.717, 1.165) is 21.9 Å². The summed E-state index contributed by atoms with van der Waals surface area (Å²) in [5, 5.41) is 17.3. The zero-order valence-corrected chi connectivity index (χ0v) is 14.7. The van der Waals surface area contributed by atoms with E-state index in [2.05, 4.69) is 4.99 Å². The molecule has 25 heavy (non-hydrogen) atoms. The lowest BCUT2D eigenvalue weighted by Gasteiger charge is -2.08. The third-order valence-electron chi connectivity index (χ3n) is 4.22. The molecule has 0 spiro atoms. The topological polar surface area (TPSA) is 92.8 Å². The molecule has 0 aliphatic rings. The molecule has 0 aromatic heterocycles. The van der Waals surface area contributed by atoms with E-state index in [1.165, 1.54) is 12.1 Å². The Kier molecular flexibility index (Phi) is 4.32. The highest BCUT2D eigenvalue weighted by Crippen LogP contribution is 2.29. The lowest BCUT2D eigenvalue weighted by molar-refractivity contribution is 0.475. The average Bonchev–Trinajstić information content (AvgIpc) is 2.56. The second kappa shape index (κ2) is 6.31. The van der Waals surface area contributed by atoms with Crippen molar-refractivity contribution in [2.45, 2.75) is 18.7 Å². The third-order valence-corrected chi connectivity index (χ3v) is 5.12. The molecule has 0 radical (unpaired) electrons. The number of nitrogens with two attached hydrogens (primary N) is 1. The SMILES string of the molecule is Cc1cc(S(N)(=O)=O)cc(N=Cc2c(O)ccc3ccccc23)c1C. The van der Waals surface area contributed by atoms with Gasteiger partial charge in [-0.15, -0.1) is 0 Å². The number of aryl methyl sites for hydroxylation is 1. The molecule has 128 valence electrons. The Bertz CT molecular complexity index is 1100. The molecule has 0 bridgehead atoms. The van der Waals surface area contributed by atoms with E-state index in [1.54, 1.807) is 19.2 Å². The van der Waals surface area contributed by atoms with Gasteiger partial charge in [0.2, 0.25) is 10.0 Å². The second-order valence-corrected chi connectivity index (χ2v) is 7.47. The van der Waals surface area contributed by atoms with Gasteiger partial charge in [-0.25, -0.2) is 13.6 Å². The van der Waals surface area contributed by atoms with Crippen molar-refractivity contribution in [3.05, 3.63) is 65.2 Å². The number of fused-ring (bicyclic) bond motifs is 1. The van der Waals surface area contributed by atoms with Crippen LogP contribution in [-0.2, 0) is 10.0 Å². The van der Waals surface area contributed by atoms with Crippen LogP contribution in [0.4, 0.5) is 5.69 Å². The van der Waals surface area contributed by atoms with E-state index in [9.17, 15) is 13.5 Å². The molecule has 0 fully saturated rings. The van der Waals surface area contributed by atoms with E-state index < -0.39 is 10.0 Å². The highest BCUT2D eigenvalue weighted by Gasteiger charge is 2.12. The number of primary sulfonamides is 1. The second-order valence-electron chi connectivity index (χ2n) is 5.91. The molecule has 0 aliphatic heterocycles. The van der Waals surface area contributed by atoms with Gasteiger partial charge in [0, 0.05) is 11.8 Å². The van der Waals surface area contributed by atoms with Crippen molar-refractivity contribution < 1.29 is 13.5 Å². The number of sulfonamides is 1. The number of aromatic hydroxyl groups is 1. The molecule has 0 heterocycles. The number of phenols is 1. The number of aliphatic imine (C=N–C) groups is 1. The van der Waals surface area contributed by atoms with Crippen molar-refractivity contribution in [2.24, 2.45) is 10.1 Å². The first-order chi connectivity index (χ1) is 11.8. The standard InChI is InChI=1S/C19H18N2O3S/c1-12-9-15(25(20,23)24)10-18(13(12)2)21-11-17-16-6-4-3-5-14(16)7-8-19(17)22/h3-11,22H,1-2H3,(H2,20,23,24). The van der Waals surface area contributed by atoms with Crippen molar-refractivity contribution in [1.82, 2.24) is 0 Å². The Hall–Kier alpha value is -2.70. The molecule has 0 aliphatic carbocycles. The number of hydrogen-bond acceptors (Lipinski definition) is 4. The zero-order chi connectivity index (χ0) is 18.2. The van der Waals surface area contributed by atoms with Gasteiger partial charge < -0.3 is 5.11 Å². The first-order valence-corrected chi connectivity index (χ1v) is 9.21. The molecule has 0 unspecified atom stereocenters. The Morgan fingerprint density at radius 2 is 1.80 bits per heavy atom. The molecule has 6 heteroatoms. The van der Waals surface area contributed by atoms with Crippen molar-refractivity contribution in [1.29, 1.82) is 0 Å². The van der Waals surface area contributed by atoms with Crippen molar-refractivity contribution in [3.8, 4) is 5.75 Å². The summed E-state index contributed by atoms with van der Waals surface area (Å²) in [6, 6.07) is 14.1. The Morgan fingerprint density at radius 1 is 1.08 bits per heavy atom. The fraction of sp³-hybridized carbons (Fsp3) is 0.105. The van der Waals surface area contributed by atoms with E-state index in [-0.39, 0.29) is 10.6 Å². The predicted molar refractivity (Wildman–Crippen MR) is 100 cm³/mol. The third kappa shape index (κ3) is 3.40. The Morgan fingerprint density at radius 3 is 2.52 bits per heavy atom. The van der Waals surface area contributed by atoms with Crippen LogP contribution in [0, 0.1) is 13.8 Å². The van der Waals surface area contributed by atoms with Crippen LogP contribution in [0.15, 0.2) is 58.4 Å². The van der Waals surface area contributed by atoms with Gasteiger partial charge in [-0.2, -0.15) is 0 Å². The number of nitrogens with zero attached hydrogens (tertiary/aromatic N) is 1. The maximum atomic E-state index is 11.6. The number of rotatable bonds is 3. The minimum absolute atomic E-state index is 0.0184. The number of benzene rings is 3. The summed E-state index contributed by atoms with van der Waals surface area (Å²) in [6.07, 6.45) is 1.55. The van der Waals surface area contributed by atoms with Gasteiger partial charge in [0.15, 0.2) is 0 Å². The van der Waals surface area contributed by atoms with Crippen LogP contribution in [0.2, 0.25) is 0 Å². The van der Waals surface area contributed by atoms with Crippen molar-refractivity contribution in [2.75, 3.05) is 0 Å². The van der Waals surface area contributed by atoms with Crippen LogP contribution in [0.1, 0.15) is 16.7 Å². The largest absolute Gasteiger partial charge is 0.507 e. The molecule has 0 saturated carbocycles. The molecule has 3 aromatic rings. The van der Waals surface area contributed by atoms with Crippen molar-refractivity contribution in [3.63, 3.8) is 0 Å². The van der Waals surface area contributed by atoms with Gasteiger partial charge in [-0.3, -0.25) is 4.99 Å². The van der Waals surface area contributed by atoms with Crippen LogP contribution < -0.4 is 5.14 Å². The molecular formula is C19H18N2O3S. The molecule has 5 nitrogen and oxygen atoms in total. The lowest BCUT2D eigenvalue weighted by Crippen LogP contribution is -2.12. The molecule has 0 saturated heterocycles. The summed E-state index contributed by atoms with van der Waals surface area (Å²) in [7, 11) is -3.81. The normalized spacial score (nSPS) is 12.1. The van der Waals surface area contributed by atoms with Gasteiger partial charge in [0.05, 0.1) is 10.6 Å². The van der Waals surface area contributed by atoms with E-state index >= 15 is 0 Å². The van der Waals surface area contributed by atoms with E-state index in [0.29, 0.717) is 11.3 Å². The van der Waals surface area contributed by atoms with Gasteiger partial charge in [-0.1, -0.05) is 30.3 Å². The molecule has 3 aromatic carbocycles. The summed E-state index contributed by atoms with van der Waals surface area (Å²) >= 11 is 0. The Balaban J connectivity index is 2.15. The maximum absolute atomic E-state index is 11.6. The van der Waals surface area contributed by atoms with Crippen LogP contribution in [-0.4, -0.2) is 19.7 Å². The van der Waals surface area contributed by atoms with Crippen LogP contribution in [0.3, 0.4) is 0 Å². The first kappa shape index (κ1) is 17.1. The molecule has 0 amide bonds. The van der Waals surface area contributed by atoms with Crippen LogP contribution >= 0.6 is 0 Å². The zero-order valence-electron chi connectivity index (χ0n) is 13.9. The predicted octanol–water partition coefficient (Wildman–Crippen LogP) is 3.56. The summed E-state index contributed by atoms with van der Waals surface area (Å²) in [5.41, 5.74) is 2.71. The molecule has 0 atom stereocenters. The summed E-state index contributed by atoms with van der Waals surface area (Å²) in [5.74, 6) is 0.111. The van der Waals surface area contributed by atoms with Gasteiger partial charge in [0.1, 0.15) is 5.75 Å². The highest BCUT2D eigenvalue weighted by molar-refractivity contribution is 7.89. The average molecular weight is 354 g/mol. The summed E-state index contributed by atoms with van der Waals surface area (Å²) in [4.78, 5) is 4.44.